The Morgan fingerprint density at radius 3 is 2.30 bits per heavy atom. The number of phenolic OH excluding ortho intramolecular Hbond substituents is 1. The molecule has 136 valence electrons. The summed E-state index contributed by atoms with van der Waals surface area (Å²) in [5.41, 5.74) is 0.851. The van der Waals surface area contributed by atoms with Gasteiger partial charge < -0.3 is 9.84 Å². The van der Waals surface area contributed by atoms with E-state index in [9.17, 15) is 14.7 Å². The lowest BCUT2D eigenvalue weighted by Crippen LogP contribution is -2.20. The average Bonchev–Trinajstić information content (AvgIpc) is 2.69. The zero-order valence-corrected chi connectivity index (χ0v) is 16.3. The molecule has 3 rings (SSSR count). The summed E-state index contributed by atoms with van der Waals surface area (Å²) >= 11 is 9.17. The number of hydrogen-bond acceptors (Lipinski definition) is 4. The summed E-state index contributed by atoms with van der Waals surface area (Å²) < 4.78 is 6.10. The lowest BCUT2D eigenvalue weighted by Gasteiger charge is -2.18. The molecule has 0 aliphatic carbocycles. The molecule has 6 heteroatoms. The number of hydrogen-bond donors (Lipinski definition) is 1. The molecule has 0 bridgehead atoms. The van der Waals surface area contributed by atoms with E-state index in [0.717, 1.165) is 0 Å². The second kappa shape index (κ2) is 8.37. The van der Waals surface area contributed by atoms with E-state index in [1.54, 1.807) is 60.7 Å². The number of phenols is 1. The smallest absolute Gasteiger partial charge is 0.343 e. The standard InChI is InChI=1S/C21H14BrClO4/c22-15-8-11-18(24)17(12-15)21(26)27-20(14-6-9-16(23)10-7-14)19(25)13-4-2-1-3-5-13/h1-12,20,24H/t20-/m1/s1. The van der Waals surface area contributed by atoms with E-state index in [2.05, 4.69) is 15.9 Å². The van der Waals surface area contributed by atoms with Crippen molar-refractivity contribution in [1.29, 1.82) is 0 Å². The average molecular weight is 446 g/mol. The molecule has 0 amide bonds. The van der Waals surface area contributed by atoms with Gasteiger partial charge in [-0.2, -0.15) is 0 Å². The molecular formula is C21H14BrClO4. The van der Waals surface area contributed by atoms with Crippen molar-refractivity contribution in [3.05, 3.63) is 99.0 Å². The normalized spacial score (nSPS) is 11.6. The third kappa shape index (κ3) is 4.56. The van der Waals surface area contributed by atoms with E-state index < -0.39 is 12.1 Å². The van der Waals surface area contributed by atoms with Gasteiger partial charge in [0, 0.05) is 20.6 Å². The van der Waals surface area contributed by atoms with Crippen molar-refractivity contribution < 1.29 is 19.4 Å². The fourth-order valence-electron chi connectivity index (χ4n) is 2.51. The maximum absolute atomic E-state index is 13.0. The molecule has 4 nitrogen and oxygen atoms in total. The van der Waals surface area contributed by atoms with Crippen LogP contribution >= 0.6 is 27.5 Å². The van der Waals surface area contributed by atoms with Crippen LogP contribution in [0.4, 0.5) is 0 Å². The van der Waals surface area contributed by atoms with Crippen LogP contribution in [-0.4, -0.2) is 16.9 Å². The van der Waals surface area contributed by atoms with Gasteiger partial charge in [0.25, 0.3) is 0 Å². The first kappa shape index (κ1) is 19.1. The van der Waals surface area contributed by atoms with Gasteiger partial charge in [-0.1, -0.05) is 70.0 Å². The zero-order chi connectivity index (χ0) is 19.4. The lowest BCUT2D eigenvalue weighted by molar-refractivity contribution is 0.0277. The van der Waals surface area contributed by atoms with Gasteiger partial charge in [-0.05, 0) is 30.3 Å². The third-order valence-corrected chi connectivity index (χ3v) is 4.62. The SMILES string of the molecule is O=C(O[C@@H](C(=O)c1ccccc1)c1ccc(Cl)cc1)c1cc(Br)ccc1O. The summed E-state index contributed by atoms with van der Waals surface area (Å²) in [4.78, 5) is 25.6. The van der Waals surface area contributed by atoms with Crippen LogP contribution in [0.5, 0.6) is 5.75 Å². The van der Waals surface area contributed by atoms with E-state index in [-0.39, 0.29) is 17.1 Å². The van der Waals surface area contributed by atoms with Crippen LogP contribution in [0.2, 0.25) is 5.02 Å². The Morgan fingerprint density at radius 1 is 0.963 bits per heavy atom. The number of benzene rings is 3. The first-order chi connectivity index (χ1) is 13.0. The summed E-state index contributed by atoms with van der Waals surface area (Å²) in [5.74, 6) is -1.41. The second-order valence-corrected chi connectivity index (χ2v) is 7.08. The number of esters is 1. The lowest BCUT2D eigenvalue weighted by atomic mass is 9.99. The molecule has 1 atom stereocenters. The number of carbonyl (C=O) groups is 2. The van der Waals surface area contributed by atoms with Crippen molar-refractivity contribution in [2.75, 3.05) is 0 Å². The van der Waals surface area contributed by atoms with Crippen LogP contribution in [-0.2, 0) is 4.74 Å². The van der Waals surface area contributed by atoms with Crippen molar-refractivity contribution in [2.24, 2.45) is 0 Å². The number of aromatic hydroxyl groups is 1. The van der Waals surface area contributed by atoms with Crippen molar-refractivity contribution in [3.63, 3.8) is 0 Å². The maximum atomic E-state index is 13.0. The Hall–Kier alpha value is -2.63. The van der Waals surface area contributed by atoms with Crippen molar-refractivity contribution in [3.8, 4) is 5.75 Å². The van der Waals surface area contributed by atoms with E-state index >= 15 is 0 Å². The summed E-state index contributed by atoms with van der Waals surface area (Å²) in [6, 6.07) is 19.4. The van der Waals surface area contributed by atoms with Gasteiger partial charge in [0.15, 0.2) is 6.10 Å². The molecule has 0 spiro atoms. The van der Waals surface area contributed by atoms with E-state index in [1.807, 2.05) is 0 Å². The van der Waals surface area contributed by atoms with Gasteiger partial charge in [-0.25, -0.2) is 4.79 Å². The van der Waals surface area contributed by atoms with Crippen molar-refractivity contribution >= 4 is 39.3 Å². The highest BCUT2D eigenvalue weighted by Crippen LogP contribution is 2.28. The number of Topliss-reactive ketones (excluding diaryl/α,β-unsaturated/α-hetero) is 1. The molecule has 0 aromatic heterocycles. The zero-order valence-electron chi connectivity index (χ0n) is 13.9. The fourth-order valence-corrected chi connectivity index (χ4v) is 2.99. The molecule has 27 heavy (non-hydrogen) atoms. The van der Waals surface area contributed by atoms with E-state index in [1.165, 1.54) is 12.1 Å². The summed E-state index contributed by atoms with van der Waals surface area (Å²) in [6.45, 7) is 0. The van der Waals surface area contributed by atoms with E-state index in [0.29, 0.717) is 20.6 Å². The highest BCUT2D eigenvalue weighted by molar-refractivity contribution is 9.10. The number of ketones is 1. The Kier molecular flexibility index (Phi) is 5.94. The molecule has 0 saturated carbocycles. The Morgan fingerprint density at radius 2 is 1.63 bits per heavy atom. The maximum Gasteiger partial charge on any atom is 0.343 e. The Balaban J connectivity index is 1.97. The summed E-state index contributed by atoms with van der Waals surface area (Å²) in [7, 11) is 0. The molecular weight excluding hydrogens is 432 g/mol. The number of ether oxygens (including phenoxy) is 1. The number of halogens is 2. The predicted octanol–water partition coefficient (Wildman–Crippen LogP) is 5.59. The number of rotatable bonds is 5. The molecule has 0 unspecified atom stereocenters. The summed E-state index contributed by atoms with van der Waals surface area (Å²) in [6.07, 6.45) is -1.17. The molecule has 0 aliphatic heterocycles. The van der Waals surface area contributed by atoms with Crippen LogP contribution in [0, 0.1) is 0 Å². The van der Waals surface area contributed by atoms with Gasteiger partial charge in [0.1, 0.15) is 11.3 Å². The molecule has 3 aromatic carbocycles. The van der Waals surface area contributed by atoms with Crippen LogP contribution in [0.15, 0.2) is 77.3 Å². The van der Waals surface area contributed by atoms with Gasteiger partial charge in [-0.3, -0.25) is 4.79 Å². The molecule has 1 N–H and O–H groups in total. The van der Waals surface area contributed by atoms with Crippen LogP contribution in [0.3, 0.4) is 0 Å². The molecule has 0 radical (unpaired) electrons. The molecule has 0 heterocycles. The Bertz CT molecular complexity index is 971. The first-order valence-corrected chi connectivity index (χ1v) is 9.17. The molecule has 0 saturated heterocycles. The molecule has 0 fully saturated rings. The third-order valence-electron chi connectivity index (χ3n) is 3.87. The van der Waals surface area contributed by atoms with Gasteiger partial charge >= 0.3 is 5.97 Å². The Labute approximate surface area is 169 Å². The first-order valence-electron chi connectivity index (χ1n) is 8.00. The van der Waals surface area contributed by atoms with Crippen LogP contribution < -0.4 is 0 Å². The minimum absolute atomic E-state index is 0.0378. The molecule has 0 aliphatic rings. The van der Waals surface area contributed by atoms with E-state index in [4.69, 9.17) is 16.3 Å². The van der Waals surface area contributed by atoms with Gasteiger partial charge in [0.05, 0.1) is 0 Å². The number of carbonyl (C=O) groups excluding carboxylic acids is 2. The quantitative estimate of drug-likeness (QED) is 0.411. The highest BCUT2D eigenvalue weighted by Gasteiger charge is 2.27. The van der Waals surface area contributed by atoms with Crippen molar-refractivity contribution in [1.82, 2.24) is 0 Å². The van der Waals surface area contributed by atoms with Crippen LogP contribution in [0.1, 0.15) is 32.4 Å². The highest BCUT2D eigenvalue weighted by atomic mass is 79.9. The van der Waals surface area contributed by atoms with Crippen molar-refractivity contribution in [2.45, 2.75) is 6.10 Å². The minimum Gasteiger partial charge on any atom is -0.507 e. The van der Waals surface area contributed by atoms with Gasteiger partial charge in [-0.15, -0.1) is 0 Å². The summed E-state index contributed by atoms with van der Waals surface area (Å²) in [5, 5.41) is 10.5. The minimum atomic E-state index is -1.17. The topological polar surface area (TPSA) is 63.6 Å². The fraction of sp³-hybridized carbons (Fsp3) is 0.0476. The molecule has 3 aromatic rings. The monoisotopic (exact) mass is 444 g/mol. The second-order valence-electron chi connectivity index (χ2n) is 5.73. The predicted molar refractivity (Wildman–Crippen MR) is 106 cm³/mol. The largest absolute Gasteiger partial charge is 0.507 e. The van der Waals surface area contributed by atoms with Crippen LogP contribution in [0.25, 0.3) is 0 Å². The van der Waals surface area contributed by atoms with Gasteiger partial charge in [0.2, 0.25) is 5.78 Å².